The number of sulfonamides is 1. The Hall–Kier alpha value is -3.05. The lowest BCUT2D eigenvalue weighted by atomic mass is 10.2. The van der Waals surface area contributed by atoms with E-state index in [1.165, 1.54) is 4.31 Å². The van der Waals surface area contributed by atoms with E-state index >= 15 is 0 Å². The number of benzene rings is 2. The third kappa shape index (κ3) is 6.31. The number of nitrogens with zero attached hydrogens (tertiary/aromatic N) is 2. The molecule has 0 heterocycles. The zero-order chi connectivity index (χ0) is 19.9. The smallest absolute Gasteiger partial charge is 0.258 e. The minimum atomic E-state index is -3.53. The van der Waals surface area contributed by atoms with E-state index in [-0.39, 0.29) is 25.6 Å². The van der Waals surface area contributed by atoms with Crippen molar-refractivity contribution in [3.63, 3.8) is 0 Å². The number of ether oxygens (including phenoxy) is 1. The maximum atomic E-state index is 12.0. The monoisotopic (exact) mass is 387 g/mol. The Morgan fingerprint density at radius 2 is 1.78 bits per heavy atom. The number of nitrogens with one attached hydrogen (secondary N) is 1. The fourth-order valence-corrected chi connectivity index (χ4v) is 3.25. The normalized spacial score (nSPS) is 10.7. The Bertz CT molecular complexity index is 917. The van der Waals surface area contributed by atoms with E-state index in [9.17, 15) is 13.2 Å². The predicted molar refractivity (Wildman–Crippen MR) is 103 cm³/mol. The summed E-state index contributed by atoms with van der Waals surface area (Å²) in [6.07, 6.45) is 1.09. The molecule has 0 atom stereocenters. The van der Waals surface area contributed by atoms with Crippen LogP contribution >= 0.6 is 0 Å². The van der Waals surface area contributed by atoms with Crippen molar-refractivity contribution in [2.45, 2.75) is 6.92 Å². The highest BCUT2D eigenvalue weighted by molar-refractivity contribution is 7.92. The van der Waals surface area contributed by atoms with Gasteiger partial charge in [0.25, 0.3) is 5.91 Å². The molecule has 0 radical (unpaired) electrons. The molecule has 2 aromatic carbocycles. The molecular formula is C19H21N3O4S. The molecular weight excluding hydrogens is 366 g/mol. The van der Waals surface area contributed by atoms with Crippen LogP contribution in [0.25, 0.3) is 0 Å². The van der Waals surface area contributed by atoms with Crippen molar-refractivity contribution in [2.75, 3.05) is 30.3 Å². The van der Waals surface area contributed by atoms with Crippen molar-refractivity contribution in [3.8, 4) is 11.8 Å². The fraction of sp³-hybridized carbons (Fsp3) is 0.263. The molecule has 0 unspecified atom stereocenters. The number of hydrogen-bond acceptors (Lipinski definition) is 5. The fourth-order valence-electron chi connectivity index (χ4n) is 2.32. The summed E-state index contributed by atoms with van der Waals surface area (Å²) in [5.41, 5.74) is 1.96. The lowest BCUT2D eigenvalue weighted by Crippen LogP contribution is -2.39. The van der Waals surface area contributed by atoms with Crippen LogP contribution in [0.1, 0.15) is 11.1 Å². The number of anilines is 1. The van der Waals surface area contributed by atoms with E-state index in [2.05, 4.69) is 5.32 Å². The van der Waals surface area contributed by atoms with Gasteiger partial charge in [0.15, 0.2) is 6.61 Å². The summed E-state index contributed by atoms with van der Waals surface area (Å²) in [7, 11) is -3.53. The molecule has 7 nitrogen and oxygen atoms in total. The van der Waals surface area contributed by atoms with Crippen molar-refractivity contribution in [3.05, 3.63) is 59.7 Å². The summed E-state index contributed by atoms with van der Waals surface area (Å²) in [5, 5.41) is 11.5. The van der Waals surface area contributed by atoms with E-state index in [0.717, 1.165) is 11.8 Å². The molecule has 27 heavy (non-hydrogen) atoms. The average Bonchev–Trinajstić information content (AvgIpc) is 2.64. The van der Waals surface area contributed by atoms with Gasteiger partial charge in [0.05, 0.1) is 30.1 Å². The lowest BCUT2D eigenvalue weighted by Gasteiger charge is -2.22. The van der Waals surface area contributed by atoms with Gasteiger partial charge < -0.3 is 10.1 Å². The van der Waals surface area contributed by atoms with Gasteiger partial charge in [-0.05, 0) is 43.3 Å². The highest BCUT2D eigenvalue weighted by atomic mass is 32.2. The molecule has 0 saturated heterocycles. The molecule has 2 rings (SSSR count). The summed E-state index contributed by atoms with van der Waals surface area (Å²) in [5.74, 6) is 0.245. The van der Waals surface area contributed by atoms with Crippen LogP contribution in [0.2, 0.25) is 0 Å². The molecule has 142 valence electrons. The number of nitriles is 1. The van der Waals surface area contributed by atoms with Gasteiger partial charge in [-0.2, -0.15) is 5.26 Å². The maximum Gasteiger partial charge on any atom is 0.258 e. The zero-order valence-corrected chi connectivity index (χ0v) is 16.0. The highest BCUT2D eigenvalue weighted by Crippen LogP contribution is 2.17. The van der Waals surface area contributed by atoms with Crippen molar-refractivity contribution < 1.29 is 17.9 Å². The molecule has 0 saturated carbocycles. The van der Waals surface area contributed by atoms with Gasteiger partial charge in [-0.3, -0.25) is 9.10 Å². The predicted octanol–water partition coefficient (Wildman–Crippen LogP) is 1.83. The summed E-state index contributed by atoms with van der Waals surface area (Å²) < 4.78 is 30.6. The van der Waals surface area contributed by atoms with Crippen molar-refractivity contribution in [1.29, 1.82) is 5.26 Å². The van der Waals surface area contributed by atoms with Gasteiger partial charge in [-0.25, -0.2) is 8.42 Å². The van der Waals surface area contributed by atoms with Crippen LogP contribution in [-0.4, -0.2) is 40.3 Å². The first-order valence-corrected chi connectivity index (χ1v) is 10.1. The van der Waals surface area contributed by atoms with Gasteiger partial charge in [0.2, 0.25) is 10.0 Å². The van der Waals surface area contributed by atoms with Gasteiger partial charge in [0.1, 0.15) is 5.75 Å². The van der Waals surface area contributed by atoms with Gasteiger partial charge in [0, 0.05) is 6.54 Å². The molecule has 0 aromatic heterocycles. The van der Waals surface area contributed by atoms with Crippen LogP contribution < -0.4 is 14.4 Å². The van der Waals surface area contributed by atoms with Gasteiger partial charge in [-0.1, -0.05) is 17.7 Å². The van der Waals surface area contributed by atoms with Crippen LogP contribution in [0.15, 0.2) is 48.5 Å². The Morgan fingerprint density at radius 3 is 2.33 bits per heavy atom. The Balaban J connectivity index is 1.88. The third-order valence-corrected chi connectivity index (χ3v) is 4.91. The minimum Gasteiger partial charge on any atom is -0.484 e. The largest absolute Gasteiger partial charge is 0.484 e. The first-order chi connectivity index (χ1) is 12.8. The molecule has 1 amide bonds. The van der Waals surface area contributed by atoms with E-state index in [0.29, 0.717) is 17.0 Å². The van der Waals surface area contributed by atoms with E-state index in [4.69, 9.17) is 10.00 Å². The molecule has 0 bridgehead atoms. The van der Waals surface area contributed by atoms with E-state index in [1.54, 1.807) is 36.4 Å². The molecule has 0 aliphatic carbocycles. The lowest BCUT2D eigenvalue weighted by molar-refractivity contribution is -0.123. The number of rotatable bonds is 8. The number of amides is 1. The molecule has 2 aromatic rings. The average molecular weight is 387 g/mol. The van der Waals surface area contributed by atoms with Crippen LogP contribution in [0.4, 0.5) is 5.69 Å². The molecule has 1 N–H and O–H groups in total. The topological polar surface area (TPSA) is 99.5 Å². The Morgan fingerprint density at radius 1 is 1.15 bits per heavy atom. The highest BCUT2D eigenvalue weighted by Gasteiger charge is 2.17. The Kier molecular flexibility index (Phi) is 6.79. The van der Waals surface area contributed by atoms with E-state index in [1.807, 2.05) is 25.1 Å². The van der Waals surface area contributed by atoms with Crippen LogP contribution in [0.5, 0.6) is 5.75 Å². The molecule has 0 spiro atoms. The second-order valence-electron chi connectivity index (χ2n) is 5.95. The third-order valence-electron chi connectivity index (χ3n) is 3.71. The van der Waals surface area contributed by atoms with Gasteiger partial charge >= 0.3 is 0 Å². The molecule has 0 aliphatic heterocycles. The van der Waals surface area contributed by atoms with Crippen LogP contribution in [-0.2, 0) is 14.8 Å². The van der Waals surface area contributed by atoms with Crippen LogP contribution in [0.3, 0.4) is 0 Å². The molecule has 0 aliphatic rings. The quantitative estimate of drug-likeness (QED) is 0.745. The second kappa shape index (κ2) is 9.05. The second-order valence-corrected chi connectivity index (χ2v) is 7.85. The summed E-state index contributed by atoms with van der Waals surface area (Å²) in [4.78, 5) is 11.9. The minimum absolute atomic E-state index is 0.0704. The number of carbonyl (C=O) groups excluding carboxylic acids is 1. The standard InChI is InChI=1S/C19H21N3O4S/c1-15-3-9-18(10-4-15)26-14-19(23)21-11-12-22(27(2,24)25)17-7-5-16(13-20)6-8-17/h3-10H,11-12,14H2,1-2H3,(H,21,23). The summed E-state index contributed by atoms with van der Waals surface area (Å²) >= 11 is 0. The number of aryl methyl sites for hydroxylation is 1. The number of carbonyl (C=O) groups is 1. The van der Waals surface area contributed by atoms with Crippen molar-refractivity contribution in [2.24, 2.45) is 0 Å². The summed E-state index contributed by atoms with van der Waals surface area (Å²) in [6, 6.07) is 15.5. The summed E-state index contributed by atoms with van der Waals surface area (Å²) in [6.45, 7) is 2.00. The molecule has 8 heteroatoms. The SMILES string of the molecule is Cc1ccc(OCC(=O)NCCN(c2ccc(C#N)cc2)S(C)(=O)=O)cc1. The van der Waals surface area contributed by atoms with Crippen molar-refractivity contribution in [1.82, 2.24) is 5.32 Å². The van der Waals surface area contributed by atoms with Crippen LogP contribution in [0, 0.1) is 18.3 Å². The van der Waals surface area contributed by atoms with Gasteiger partial charge in [-0.15, -0.1) is 0 Å². The maximum absolute atomic E-state index is 12.0. The first kappa shape index (κ1) is 20.3. The van der Waals surface area contributed by atoms with E-state index < -0.39 is 10.0 Å². The first-order valence-electron chi connectivity index (χ1n) is 8.23. The Labute approximate surface area is 159 Å². The zero-order valence-electron chi connectivity index (χ0n) is 15.2. The van der Waals surface area contributed by atoms with Crippen molar-refractivity contribution >= 4 is 21.6 Å². The molecule has 0 fully saturated rings. The number of hydrogen-bond donors (Lipinski definition) is 1.